The number of carboxylic acids is 1. The van der Waals surface area contributed by atoms with Crippen LogP contribution in [-0.2, 0) is 11.2 Å². The predicted octanol–water partition coefficient (Wildman–Crippen LogP) is 2.68. The standard InChI is InChI=1S/C14H19NO3/c16-14(17)5-1-2-8-15-12-6-7-13-11(10-12)4-3-9-18-13/h6-7,10,15H,1-5,8-9H2,(H,16,17). The van der Waals surface area contributed by atoms with E-state index in [1.54, 1.807) is 0 Å². The van der Waals surface area contributed by atoms with Crippen LogP contribution in [0.2, 0.25) is 0 Å². The quantitative estimate of drug-likeness (QED) is 0.761. The van der Waals surface area contributed by atoms with Crippen molar-refractivity contribution in [2.24, 2.45) is 0 Å². The fraction of sp³-hybridized carbons (Fsp3) is 0.500. The molecular weight excluding hydrogens is 230 g/mol. The number of fused-ring (bicyclic) bond motifs is 1. The van der Waals surface area contributed by atoms with Crippen molar-refractivity contribution in [1.82, 2.24) is 0 Å². The van der Waals surface area contributed by atoms with E-state index in [1.165, 1.54) is 5.56 Å². The molecule has 0 aromatic heterocycles. The highest BCUT2D eigenvalue weighted by molar-refractivity contribution is 5.66. The first-order chi connectivity index (χ1) is 8.75. The van der Waals surface area contributed by atoms with Gasteiger partial charge in [0.05, 0.1) is 6.61 Å². The van der Waals surface area contributed by atoms with Crippen molar-refractivity contribution in [1.29, 1.82) is 0 Å². The van der Waals surface area contributed by atoms with E-state index in [-0.39, 0.29) is 6.42 Å². The van der Waals surface area contributed by atoms with E-state index >= 15 is 0 Å². The molecule has 0 atom stereocenters. The Balaban J connectivity index is 1.77. The molecule has 4 nitrogen and oxygen atoms in total. The highest BCUT2D eigenvalue weighted by atomic mass is 16.5. The minimum Gasteiger partial charge on any atom is -0.493 e. The average molecular weight is 249 g/mol. The van der Waals surface area contributed by atoms with Crippen molar-refractivity contribution < 1.29 is 14.6 Å². The first kappa shape index (κ1) is 12.7. The van der Waals surface area contributed by atoms with Gasteiger partial charge in [0, 0.05) is 18.7 Å². The maximum absolute atomic E-state index is 10.4. The van der Waals surface area contributed by atoms with Crippen molar-refractivity contribution in [3.8, 4) is 5.75 Å². The van der Waals surface area contributed by atoms with Gasteiger partial charge in [0.15, 0.2) is 0 Å². The van der Waals surface area contributed by atoms with Gasteiger partial charge in [0.2, 0.25) is 0 Å². The topological polar surface area (TPSA) is 58.6 Å². The monoisotopic (exact) mass is 249 g/mol. The second-order valence-electron chi connectivity index (χ2n) is 4.55. The van der Waals surface area contributed by atoms with Crippen molar-refractivity contribution >= 4 is 11.7 Å². The molecule has 0 saturated carbocycles. The first-order valence-corrected chi connectivity index (χ1v) is 6.47. The molecule has 4 heteroatoms. The van der Waals surface area contributed by atoms with Gasteiger partial charge in [-0.05, 0) is 49.4 Å². The van der Waals surface area contributed by atoms with Gasteiger partial charge in [0.1, 0.15) is 5.75 Å². The van der Waals surface area contributed by atoms with E-state index in [1.807, 2.05) is 12.1 Å². The zero-order valence-corrected chi connectivity index (χ0v) is 10.4. The summed E-state index contributed by atoms with van der Waals surface area (Å²) in [6.45, 7) is 1.63. The lowest BCUT2D eigenvalue weighted by Crippen LogP contribution is -2.09. The second kappa shape index (κ2) is 6.28. The molecule has 0 saturated heterocycles. The largest absolute Gasteiger partial charge is 0.493 e. The summed E-state index contributed by atoms with van der Waals surface area (Å²) >= 11 is 0. The number of carboxylic acid groups (broad SMARTS) is 1. The third-order valence-electron chi connectivity index (χ3n) is 3.06. The van der Waals surface area contributed by atoms with E-state index in [2.05, 4.69) is 11.4 Å². The molecule has 0 fully saturated rings. The van der Waals surface area contributed by atoms with Crippen LogP contribution >= 0.6 is 0 Å². The van der Waals surface area contributed by atoms with E-state index < -0.39 is 5.97 Å². The number of nitrogens with one attached hydrogen (secondary N) is 1. The molecule has 1 aromatic carbocycles. The number of unbranched alkanes of at least 4 members (excludes halogenated alkanes) is 1. The number of hydrogen-bond acceptors (Lipinski definition) is 3. The van der Waals surface area contributed by atoms with Gasteiger partial charge < -0.3 is 15.2 Å². The summed E-state index contributed by atoms with van der Waals surface area (Å²) in [5.74, 6) is 0.276. The van der Waals surface area contributed by atoms with E-state index in [0.29, 0.717) is 0 Å². The molecule has 1 aliphatic heterocycles. The third-order valence-corrected chi connectivity index (χ3v) is 3.06. The zero-order valence-electron chi connectivity index (χ0n) is 10.4. The normalized spacial score (nSPS) is 13.6. The summed E-state index contributed by atoms with van der Waals surface area (Å²) in [6.07, 6.45) is 3.99. The van der Waals surface area contributed by atoms with Crippen LogP contribution in [0.1, 0.15) is 31.2 Å². The maximum atomic E-state index is 10.4. The Hall–Kier alpha value is -1.71. The number of benzene rings is 1. The molecule has 1 heterocycles. The van der Waals surface area contributed by atoms with Crippen LogP contribution in [0.15, 0.2) is 18.2 Å². The Morgan fingerprint density at radius 3 is 3.11 bits per heavy atom. The van der Waals surface area contributed by atoms with Crippen molar-refractivity contribution in [2.45, 2.75) is 32.1 Å². The molecule has 2 N–H and O–H groups in total. The molecular formula is C14H19NO3. The summed E-state index contributed by atoms with van der Waals surface area (Å²) in [6, 6.07) is 6.15. The van der Waals surface area contributed by atoms with Gasteiger partial charge in [0.25, 0.3) is 0 Å². The van der Waals surface area contributed by atoms with E-state index in [4.69, 9.17) is 9.84 Å². The van der Waals surface area contributed by atoms with Gasteiger partial charge in [-0.1, -0.05) is 0 Å². The number of anilines is 1. The smallest absolute Gasteiger partial charge is 0.303 e. The Kier molecular flexibility index (Phi) is 4.45. The van der Waals surface area contributed by atoms with Crippen LogP contribution in [-0.4, -0.2) is 24.2 Å². The lowest BCUT2D eigenvalue weighted by Gasteiger charge is -2.18. The highest BCUT2D eigenvalue weighted by Crippen LogP contribution is 2.27. The predicted molar refractivity (Wildman–Crippen MR) is 70.2 cm³/mol. The minimum absolute atomic E-state index is 0.250. The number of hydrogen-bond donors (Lipinski definition) is 2. The van der Waals surface area contributed by atoms with Crippen molar-refractivity contribution in [3.05, 3.63) is 23.8 Å². The minimum atomic E-state index is -0.721. The molecule has 0 unspecified atom stereocenters. The first-order valence-electron chi connectivity index (χ1n) is 6.47. The van der Waals surface area contributed by atoms with E-state index in [0.717, 1.165) is 50.3 Å². The molecule has 0 bridgehead atoms. The fourth-order valence-corrected chi connectivity index (χ4v) is 2.10. The Morgan fingerprint density at radius 1 is 1.39 bits per heavy atom. The SMILES string of the molecule is O=C(O)CCCCNc1ccc2c(c1)CCCO2. The highest BCUT2D eigenvalue weighted by Gasteiger charge is 2.10. The van der Waals surface area contributed by atoms with Gasteiger partial charge in [-0.25, -0.2) is 0 Å². The van der Waals surface area contributed by atoms with Crippen LogP contribution in [0.5, 0.6) is 5.75 Å². The number of aryl methyl sites for hydroxylation is 1. The van der Waals surface area contributed by atoms with Crippen LogP contribution in [0, 0.1) is 0 Å². The summed E-state index contributed by atoms with van der Waals surface area (Å²) in [5.41, 5.74) is 2.35. The fourth-order valence-electron chi connectivity index (χ4n) is 2.10. The molecule has 0 amide bonds. The Bertz CT molecular complexity index is 418. The molecule has 0 aliphatic carbocycles. The average Bonchev–Trinajstić information content (AvgIpc) is 2.38. The van der Waals surface area contributed by atoms with Crippen molar-refractivity contribution in [3.63, 3.8) is 0 Å². The Labute approximate surface area is 107 Å². The number of aliphatic carboxylic acids is 1. The number of carbonyl (C=O) groups is 1. The summed E-state index contributed by atoms with van der Waals surface area (Å²) in [4.78, 5) is 10.4. The molecule has 1 aromatic rings. The van der Waals surface area contributed by atoms with Crippen LogP contribution in [0.25, 0.3) is 0 Å². The van der Waals surface area contributed by atoms with E-state index in [9.17, 15) is 4.79 Å². The molecule has 0 radical (unpaired) electrons. The van der Waals surface area contributed by atoms with Gasteiger partial charge in [-0.3, -0.25) is 4.79 Å². The summed E-state index contributed by atoms with van der Waals surface area (Å²) in [7, 11) is 0. The van der Waals surface area contributed by atoms with Gasteiger partial charge in [-0.15, -0.1) is 0 Å². The third kappa shape index (κ3) is 3.65. The second-order valence-corrected chi connectivity index (χ2v) is 4.55. The zero-order chi connectivity index (χ0) is 12.8. The Morgan fingerprint density at radius 2 is 2.28 bits per heavy atom. The maximum Gasteiger partial charge on any atom is 0.303 e. The van der Waals surface area contributed by atoms with Crippen LogP contribution < -0.4 is 10.1 Å². The molecule has 2 rings (SSSR count). The number of ether oxygens (including phenoxy) is 1. The molecule has 98 valence electrons. The number of rotatable bonds is 6. The molecule has 0 spiro atoms. The summed E-state index contributed by atoms with van der Waals surface area (Å²) < 4.78 is 5.55. The molecule has 18 heavy (non-hydrogen) atoms. The van der Waals surface area contributed by atoms with Gasteiger partial charge >= 0.3 is 5.97 Å². The lowest BCUT2D eigenvalue weighted by molar-refractivity contribution is -0.137. The van der Waals surface area contributed by atoms with Crippen LogP contribution in [0.3, 0.4) is 0 Å². The summed E-state index contributed by atoms with van der Waals surface area (Å²) in [5, 5.41) is 11.8. The van der Waals surface area contributed by atoms with Gasteiger partial charge in [-0.2, -0.15) is 0 Å². The van der Waals surface area contributed by atoms with Crippen LogP contribution in [0.4, 0.5) is 5.69 Å². The molecule has 1 aliphatic rings. The lowest BCUT2D eigenvalue weighted by atomic mass is 10.1. The van der Waals surface area contributed by atoms with Crippen molar-refractivity contribution in [2.75, 3.05) is 18.5 Å².